The van der Waals surface area contributed by atoms with Crippen molar-refractivity contribution in [3.05, 3.63) is 38.9 Å². The Morgan fingerprint density at radius 3 is 2.56 bits per heavy atom. The molecule has 0 aliphatic heterocycles. The standard InChI is InChI=1S/C9H9ClF2N2O2/c1-9(13,8(11)12)6-3-2-5(10)4-7(6)14(15)16/h2-4,8H,13H2,1H3. The van der Waals surface area contributed by atoms with Gasteiger partial charge in [0, 0.05) is 11.1 Å². The van der Waals surface area contributed by atoms with Gasteiger partial charge in [-0.2, -0.15) is 0 Å². The van der Waals surface area contributed by atoms with E-state index in [1.807, 2.05) is 0 Å². The Kier molecular flexibility index (Phi) is 3.44. The summed E-state index contributed by atoms with van der Waals surface area (Å²) >= 11 is 5.56. The minimum Gasteiger partial charge on any atom is -0.317 e. The highest BCUT2D eigenvalue weighted by Gasteiger charge is 2.37. The first kappa shape index (κ1) is 12.8. The first-order valence-corrected chi connectivity index (χ1v) is 4.66. The van der Waals surface area contributed by atoms with E-state index in [0.29, 0.717) is 0 Å². The highest BCUT2D eigenvalue weighted by atomic mass is 35.5. The molecule has 0 aromatic heterocycles. The quantitative estimate of drug-likeness (QED) is 0.662. The summed E-state index contributed by atoms with van der Waals surface area (Å²) in [5.41, 5.74) is 2.55. The van der Waals surface area contributed by atoms with Crippen LogP contribution in [-0.2, 0) is 5.54 Å². The number of nitrogens with two attached hydrogens (primary N) is 1. The molecule has 0 aliphatic rings. The fraction of sp³-hybridized carbons (Fsp3) is 0.333. The Labute approximate surface area is 95.2 Å². The van der Waals surface area contributed by atoms with E-state index in [2.05, 4.69) is 0 Å². The molecule has 1 aromatic carbocycles. The second-order valence-electron chi connectivity index (χ2n) is 3.50. The van der Waals surface area contributed by atoms with E-state index in [1.54, 1.807) is 0 Å². The lowest BCUT2D eigenvalue weighted by Crippen LogP contribution is -2.41. The van der Waals surface area contributed by atoms with Crippen molar-refractivity contribution in [2.45, 2.75) is 18.9 Å². The third kappa shape index (κ3) is 2.28. The van der Waals surface area contributed by atoms with Crippen LogP contribution in [0.4, 0.5) is 14.5 Å². The number of nitro benzene ring substituents is 1. The lowest BCUT2D eigenvalue weighted by molar-refractivity contribution is -0.386. The maximum absolute atomic E-state index is 12.7. The monoisotopic (exact) mass is 250 g/mol. The van der Waals surface area contributed by atoms with E-state index in [0.717, 1.165) is 19.1 Å². The van der Waals surface area contributed by atoms with E-state index < -0.39 is 22.6 Å². The highest BCUT2D eigenvalue weighted by molar-refractivity contribution is 6.30. The summed E-state index contributed by atoms with van der Waals surface area (Å²) in [5.74, 6) is 0. The van der Waals surface area contributed by atoms with Crippen LogP contribution in [0, 0.1) is 10.1 Å². The minimum atomic E-state index is -2.91. The zero-order valence-corrected chi connectivity index (χ0v) is 9.04. The Morgan fingerprint density at radius 1 is 1.56 bits per heavy atom. The first-order valence-electron chi connectivity index (χ1n) is 4.28. The van der Waals surface area contributed by atoms with Crippen molar-refractivity contribution in [1.29, 1.82) is 0 Å². The van der Waals surface area contributed by atoms with E-state index in [4.69, 9.17) is 17.3 Å². The van der Waals surface area contributed by atoms with Gasteiger partial charge in [0.05, 0.1) is 10.5 Å². The van der Waals surface area contributed by atoms with Crippen LogP contribution in [0.5, 0.6) is 0 Å². The summed E-state index contributed by atoms with van der Waals surface area (Å²) in [6.45, 7) is 1.04. The molecule has 0 fully saturated rings. The van der Waals surface area contributed by atoms with Gasteiger partial charge in [-0.05, 0) is 19.1 Å². The van der Waals surface area contributed by atoms with Crippen molar-refractivity contribution < 1.29 is 13.7 Å². The van der Waals surface area contributed by atoms with Gasteiger partial charge >= 0.3 is 0 Å². The summed E-state index contributed by atoms with van der Waals surface area (Å²) in [4.78, 5) is 9.91. The van der Waals surface area contributed by atoms with Gasteiger partial charge in [-0.15, -0.1) is 0 Å². The largest absolute Gasteiger partial charge is 0.317 e. The number of hydrogen-bond acceptors (Lipinski definition) is 3. The van der Waals surface area contributed by atoms with Crippen molar-refractivity contribution in [2.24, 2.45) is 5.73 Å². The normalized spacial score (nSPS) is 14.9. The van der Waals surface area contributed by atoms with Crippen LogP contribution in [-0.4, -0.2) is 11.3 Å². The molecule has 1 atom stereocenters. The zero-order chi connectivity index (χ0) is 12.5. The smallest absolute Gasteiger partial charge is 0.276 e. The summed E-state index contributed by atoms with van der Waals surface area (Å²) in [7, 11) is 0. The van der Waals surface area contributed by atoms with Gasteiger partial charge in [-0.3, -0.25) is 10.1 Å². The first-order chi connectivity index (χ1) is 7.26. The molecule has 1 aromatic rings. The summed E-state index contributed by atoms with van der Waals surface area (Å²) in [5, 5.41) is 10.8. The van der Waals surface area contributed by atoms with E-state index in [9.17, 15) is 18.9 Å². The van der Waals surface area contributed by atoms with Gasteiger partial charge in [0.25, 0.3) is 12.1 Å². The molecule has 0 radical (unpaired) electrons. The lowest BCUT2D eigenvalue weighted by atomic mass is 9.92. The predicted molar refractivity (Wildman–Crippen MR) is 55.6 cm³/mol. The van der Waals surface area contributed by atoms with Crippen molar-refractivity contribution in [1.82, 2.24) is 0 Å². The van der Waals surface area contributed by atoms with Crippen LogP contribution in [0.2, 0.25) is 5.02 Å². The van der Waals surface area contributed by atoms with Crippen LogP contribution in [0.3, 0.4) is 0 Å². The molecular formula is C9H9ClF2N2O2. The van der Waals surface area contributed by atoms with Crippen LogP contribution in [0.25, 0.3) is 0 Å². The molecule has 7 heteroatoms. The summed E-state index contributed by atoms with van der Waals surface area (Å²) < 4.78 is 25.3. The van der Waals surface area contributed by atoms with Crippen molar-refractivity contribution in [3.63, 3.8) is 0 Å². The number of halogens is 3. The summed E-state index contributed by atoms with van der Waals surface area (Å²) in [6, 6.07) is 3.44. The number of hydrogen-bond donors (Lipinski definition) is 1. The Bertz CT molecular complexity index is 424. The molecule has 0 amide bonds. The van der Waals surface area contributed by atoms with Crippen LogP contribution < -0.4 is 5.73 Å². The molecule has 4 nitrogen and oxygen atoms in total. The Morgan fingerprint density at radius 2 is 2.12 bits per heavy atom. The fourth-order valence-corrected chi connectivity index (χ4v) is 1.40. The third-order valence-electron chi connectivity index (χ3n) is 2.19. The average Bonchev–Trinajstić information content (AvgIpc) is 2.16. The molecular weight excluding hydrogens is 242 g/mol. The minimum absolute atomic E-state index is 0.0977. The van der Waals surface area contributed by atoms with Gasteiger partial charge < -0.3 is 5.73 Å². The fourth-order valence-electron chi connectivity index (χ4n) is 1.23. The Balaban J connectivity index is 3.39. The number of nitro groups is 1. The second kappa shape index (κ2) is 4.31. The van der Waals surface area contributed by atoms with E-state index in [1.165, 1.54) is 6.07 Å². The molecule has 0 saturated heterocycles. The van der Waals surface area contributed by atoms with Gasteiger partial charge in [-0.25, -0.2) is 8.78 Å². The lowest BCUT2D eigenvalue weighted by Gasteiger charge is -2.23. The topological polar surface area (TPSA) is 69.2 Å². The van der Waals surface area contributed by atoms with E-state index >= 15 is 0 Å². The Hall–Kier alpha value is -1.27. The highest BCUT2D eigenvalue weighted by Crippen LogP contribution is 2.34. The molecule has 1 rings (SSSR count). The molecule has 0 aliphatic carbocycles. The number of benzene rings is 1. The molecule has 0 bridgehead atoms. The molecule has 0 heterocycles. The van der Waals surface area contributed by atoms with E-state index in [-0.39, 0.29) is 10.6 Å². The maximum Gasteiger partial charge on any atom is 0.276 e. The predicted octanol–water partition coefficient (Wildman–Crippen LogP) is 2.69. The van der Waals surface area contributed by atoms with Crippen molar-refractivity contribution in [3.8, 4) is 0 Å². The van der Waals surface area contributed by atoms with Crippen LogP contribution in [0.1, 0.15) is 12.5 Å². The molecule has 1 unspecified atom stereocenters. The van der Waals surface area contributed by atoms with Gasteiger partial charge in [0.2, 0.25) is 0 Å². The SMILES string of the molecule is CC(N)(c1ccc(Cl)cc1[N+](=O)[O-])C(F)F. The molecule has 16 heavy (non-hydrogen) atoms. The van der Waals surface area contributed by atoms with Gasteiger partial charge in [0.15, 0.2) is 0 Å². The molecule has 2 N–H and O–H groups in total. The average molecular weight is 251 g/mol. The number of rotatable bonds is 3. The zero-order valence-electron chi connectivity index (χ0n) is 8.28. The molecule has 88 valence electrons. The van der Waals surface area contributed by atoms with Crippen molar-refractivity contribution in [2.75, 3.05) is 0 Å². The second-order valence-corrected chi connectivity index (χ2v) is 3.94. The van der Waals surface area contributed by atoms with Crippen molar-refractivity contribution >= 4 is 17.3 Å². The van der Waals surface area contributed by atoms with Crippen LogP contribution >= 0.6 is 11.6 Å². The van der Waals surface area contributed by atoms with Crippen LogP contribution in [0.15, 0.2) is 18.2 Å². The van der Waals surface area contributed by atoms with Gasteiger partial charge in [-0.1, -0.05) is 11.6 Å². The van der Waals surface area contributed by atoms with Gasteiger partial charge in [0.1, 0.15) is 5.54 Å². The third-order valence-corrected chi connectivity index (χ3v) is 2.43. The number of alkyl halides is 2. The maximum atomic E-state index is 12.7. The number of nitrogens with zero attached hydrogens (tertiary/aromatic N) is 1. The summed E-state index contributed by atoms with van der Waals surface area (Å²) in [6.07, 6.45) is -2.91. The molecule has 0 spiro atoms. The molecule has 0 saturated carbocycles.